The average molecular weight is 268 g/mol. The fraction of sp³-hybridized carbons (Fsp3) is 0.571. The van der Waals surface area contributed by atoms with Gasteiger partial charge in [0.2, 0.25) is 5.75 Å². The molecule has 0 N–H and O–H groups in total. The van der Waals surface area contributed by atoms with E-state index in [0.29, 0.717) is 23.0 Å². The van der Waals surface area contributed by atoms with Gasteiger partial charge in [-0.3, -0.25) is 0 Å². The van der Waals surface area contributed by atoms with Crippen LogP contribution in [0.3, 0.4) is 0 Å². The van der Waals surface area contributed by atoms with Crippen molar-refractivity contribution in [1.82, 2.24) is 0 Å². The lowest BCUT2D eigenvalue weighted by Crippen LogP contribution is -2.25. The van der Waals surface area contributed by atoms with Crippen molar-refractivity contribution >= 4 is 0 Å². The predicted molar refractivity (Wildman–Crippen MR) is 70.3 cm³/mol. The first-order valence-corrected chi connectivity index (χ1v) is 6.36. The average Bonchev–Trinajstić information content (AvgIpc) is 2.47. The second kappa shape index (κ2) is 6.52. The minimum Gasteiger partial charge on any atom is -0.493 e. The molecule has 0 aliphatic carbocycles. The van der Waals surface area contributed by atoms with Gasteiger partial charge in [-0.2, -0.15) is 0 Å². The summed E-state index contributed by atoms with van der Waals surface area (Å²) in [6.45, 7) is 0.745. The summed E-state index contributed by atoms with van der Waals surface area (Å²) in [6, 6.07) is 3.55. The van der Waals surface area contributed by atoms with Gasteiger partial charge in [0.25, 0.3) is 0 Å². The Morgan fingerprint density at radius 1 is 1.00 bits per heavy atom. The Labute approximate surface area is 113 Å². The van der Waals surface area contributed by atoms with E-state index in [0.717, 1.165) is 25.9 Å². The quantitative estimate of drug-likeness (QED) is 0.821. The molecule has 5 nitrogen and oxygen atoms in total. The van der Waals surface area contributed by atoms with Gasteiger partial charge >= 0.3 is 0 Å². The van der Waals surface area contributed by atoms with Crippen LogP contribution in [-0.2, 0) is 4.74 Å². The second-order valence-corrected chi connectivity index (χ2v) is 4.28. The van der Waals surface area contributed by atoms with E-state index in [-0.39, 0.29) is 6.29 Å². The topological polar surface area (TPSA) is 46.2 Å². The molecule has 5 heteroatoms. The number of methoxy groups -OCH3 is 3. The molecule has 0 radical (unpaired) electrons. The Hall–Kier alpha value is -1.62. The van der Waals surface area contributed by atoms with Crippen molar-refractivity contribution in [1.29, 1.82) is 0 Å². The lowest BCUT2D eigenvalue weighted by Gasteiger charge is -2.24. The van der Waals surface area contributed by atoms with Crippen LogP contribution in [0.5, 0.6) is 23.0 Å². The number of ether oxygens (including phenoxy) is 5. The van der Waals surface area contributed by atoms with E-state index in [4.69, 9.17) is 23.7 Å². The lowest BCUT2D eigenvalue weighted by molar-refractivity contribution is -0.106. The minimum atomic E-state index is -0.198. The molecule has 0 saturated carbocycles. The molecule has 1 aromatic carbocycles. The van der Waals surface area contributed by atoms with Crippen molar-refractivity contribution in [2.75, 3.05) is 27.9 Å². The first kappa shape index (κ1) is 13.8. The monoisotopic (exact) mass is 268 g/mol. The molecule has 2 rings (SSSR count). The Morgan fingerprint density at radius 2 is 1.68 bits per heavy atom. The van der Waals surface area contributed by atoms with Crippen LogP contribution < -0.4 is 18.9 Å². The third-order valence-corrected chi connectivity index (χ3v) is 3.04. The molecular weight excluding hydrogens is 248 g/mol. The Balaban J connectivity index is 2.20. The van der Waals surface area contributed by atoms with Crippen LogP contribution in [0.4, 0.5) is 0 Å². The molecule has 1 aromatic rings. The zero-order valence-electron chi connectivity index (χ0n) is 11.6. The van der Waals surface area contributed by atoms with Crippen LogP contribution in [0.15, 0.2) is 12.1 Å². The van der Waals surface area contributed by atoms with E-state index in [2.05, 4.69) is 0 Å². The molecule has 1 saturated heterocycles. The van der Waals surface area contributed by atoms with Gasteiger partial charge in [0.15, 0.2) is 17.8 Å². The van der Waals surface area contributed by atoms with Gasteiger partial charge in [0, 0.05) is 18.6 Å². The van der Waals surface area contributed by atoms with Crippen molar-refractivity contribution in [3.8, 4) is 23.0 Å². The first-order valence-electron chi connectivity index (χ1n) is 6.36. The normalized spacial score (nSPS) is 18.8. The van der Waals surface area contributed by atoms with Crippen LogP contribution in [-0.4, -0.2) is 34.2 Å². The van der Waals surface area contributed by atoms with Crippen LogP contribution in [0.2, 0.25) is 0 Å². The largest absolute Gasteiger partial charge is 0.493 e. The van der Waals surface area contributed by atoms with E-state index in [1.807, 2.05) is 0 Å². The molecule has 0 amide bonds. The van der Waals surface area contributed by atoms with Crippen molar-refractivity contribution in [3.05, 3.63) is 12.1 Å². The summed E-state index contributed by atoms with van der Waals surface area (Å²) in [7, 11) is 4.74. The Morgan fingerprint density at radius 3 is 2.16 bits per heavy atom. The molecule has 1 aliphatic rings. The molecule has 1 aliphatic heterocycles. The molecule has 1 unspecified atom stereocenters. The maximum atomic E-state index is 5.80. The number of rotatable bonds is 5. The predicted octanol–water partition coefficient (Wildman–Crippen LogP) is 2.62. The summed E-state index contributed by atoms with van der Waals surface area (Å²) in [6.07, 6.45) is 2.91. The molecule has 0 aromatic heterocycles. The summed E-state index contributed by atoms with van der Waals surface area (Å²) in [5, 5.41) is 0. The molecular formula is C14H20O5. The molecule has 0 bridgehead atoms. The fourth-order valence-corrected chi connectivity index (χ4v) is 2.08. The van der Waals surface area contributed by atoms with Crippen molar-refractivity contribution in [3.63, 3.8) is 0 Å². The van der Waals surface area contributed by atoms with E-state index in [1.165, 1.54) is 0 Å². The zero-order chi connectivity index (χ0) is 13.7. The maximum Gasteiger partial charge on any atom is 0.203 e. The van der Waals surface area contributed by atoms with Gasteiger partial charge in [-0.15, -0.1) is 0 Å². The van der Waals surface area contributed by atoms with Crippen molar-refractivity contribution in [2.45, 2.75) is 25.6 Å². The first-order chi connectivity index (χ1) is 9.28. The van der Waals surface area contributed by atoms with Crippen molar-refractivity contribution < 1.29 is 23.7 Å². The van der Waals surface area contributed by atoms with E-state index >= 15 is 0 Å². The molecule has 106 valence electrons. The highest BCUT2D eigenvalue weighted by Crippen LogP contribution is 2.41. The third-order valence-electron chi connectivity index (χ3n) is 3.04. The number of benzene rings is 1. The van der Waals surface area contributed by atoms with Gasteiger partial charge in [-0.05, 0) is 12.8 Å². The Bertz CT molecular complexity index is 387. The maximum absolute atomic E-state index is 5.80. The molecule has 19 heavy (non-hydrogen) atoms. The molecule has 0 spiro atoms. The summed E-state index contributed by atoms with van der Waals surface area (Å²) in [5.74, 6) is 2.36. The van der Waals surface area contributed by atoms with E-state index in [9.17, 15) is 0 Å². The minimum absolute atomic E-state index is 0.198. The number of hydrogen-bond acceptors (Lipinski definition) is 5. The van der Waals surface area contributed by atoms with Gasteiger partial charge in [-0.25, -0.2) is 0 Å². The van der Waals surface area contributed by atoms with Crippen LogP contribution in [0, 0.1) is 0 Å². The van der Waals surface area contributed by atoms with Gasteiger partial charge in [0.05, 0.1) is 27.9 Å². The van der Waals surface area contributed by atoms with Gasteiger partial charge < -0.3 is 23.7 Å². The standard InChI is InChI=1S/C14H20O5/c1-15-11-8-10(9-12(16-2)14(11)17-3)19-13-6-4-5-7-18-13/h8-9,13H,4-7H2,1-3H3. The summed E-state index contributed by atoms with van der Waals surface area (Å²) in [4.78, 5) is 0. The Kier molecular flexibility index (Phi) is 4.74. The summed E-state index contributed by atoms with van der Waals surface area (Å²) in [5.41, 5.74) is 0. The molecule has 1 fully saturated rings. The second-order valence-electron chi connectivity index (χ2n) is 4.28. The van der Waals surface area contributed by atoms with Gasteiger partial charge in [-0.1, -0.05) is 0 Å². The highest BCUT2D eigenvalue weighted by molar-refractivity contribution is 5.55. The molecule has 1 heterocycles. The summed E-state index contributed by atoms with van der Waals surface area (Å²) >= 11 is 0. The van der Waals surface area contributed by atoms with Crippen LogP contribution in [0.1, 0.15) is 19.3 Å². The molecule has 1 atom stereocenters. The zero-order valence-corrected chi connectivity index (χ0v) is 11.6. The van der Waals surface area contributed by atoms with Crippen LogP contribution >= 0.6 is 0 Å². The third kappa shape index (κ3) is 3.23. The number of hydrogen-bond donors (Lipinski definition) is 0. The smallest absolute Gasteiger partial charge is 0.203 e. The fourth-order valence-electron chi connectivity index (χ4n) is 2.08. The summed E-state index contributed by atoms with van der Waals surface area (Å²) < 4.78 is 27.2. The van der Waals surface area contributed by atoms with Gasteiger partial charge in [0.1, 0.15) is 5.75 Å². The SMILES string of the molecule is COc1cc(OC2CCCCO2)cc(OC)c1OC. The lowest BCUT2D eigenvalue weighted by atomic mass is 10.2. The van der Waals surface area contributed by atoms with E-state index < -0.39 is 0 Å². The van der Waals surface area contributed by atoms with Crippen LogP contribution in [0.25, 0.3) is 0 Å². The highest BCUT2D eigenvalue weighted by Gasteiger charge is 2.19. The van der Waals surface area contributed by atoms with E-state index in [1.54, 1.807) is 33.5 Å². The van der Waals surface area contributed by atoms with Crippen molar-refractivity contribution in [2.24, 2.45) is 0 Å². The highest BCUT2D eigenvalue weighted by atomic mass is 16.7.